The molecule has 4 heteroatoms. The van der Waals surface area contributed by atoms with Crippen molar-refractivity contribution in [2.24, 2.45) is 0 Å². The molecule has 0 saturated carbocycles. The van der Waals surface area contributed by atoms with Crippen molar-refractivity contribution >= 4 is 11.6 Å². The molecule has 1 aliphatic heterocycles. The molecule has 1 atom stereocenters. The van der Waals surface area contributed by atoms with Crippen LogP contribution >= 0.6 is 11.6 Å². The van der Waals surface area contributed by atoms with Gasteiger partial charge in [0.15, 0.2) is 0 Å². The number of piperazine rings is 1. The third-order valence-electron chi connectivity index (χ3n) is 5.14. The number of halogens is 1. The molecule has 1 aliphatic rings. The van der Waals surface area contributed by atoms with E-state index in [1.165, 1.54) is 16.7 Å². The van der Waals surface area contributed by atoms with E-state index in [9.17, 15) is 5.11 Å². The molecule has 0 bridgehead atoms. The molecule has 1 heterocycles. The van der Waals surface area contributed by atoms with Crippen molar-refractivity contribution in [1.29, 1.82) is 0 Å². The number of rotatable bonds is 6. The minimum Gasteiger partial charge on any atom is -0.396 e. The molecule has 3 nitrogen and oxygen atoms in total. The number of aliphatic hydroxyl groups excluding tert-OH is 1. The van der Waals surface area contributed by atoms with Gasteiger partial charge in [0, 0.05) is 50.4 Å². The van der Waals surface area contributed by atoms with E-state index in [1.54, 1.807) is 0 Å². The molecule has 1 N–H and O–H groups in total. The second-order valence-corrected chi connectivity index (χ2v) is 7.30. The fraction of sp³-hybridized carbons (Fsp3) is 0.429. The van der Waals surface area contributed by atoms with Gasteiger partial charge in [-0.25, -0.2) is 0 Å². The maximum atomic E-state index is 9.51. The van der Waals surface area contributed by atoms with Gasteiger partial charge < -0.3 is 5.11 Å². The number of aliphatic hydroxyl groups is 1. The van der Waals surface area contributed by atoms with Crippen LogP contribution in [0.4, 0.5) is 0 Å². The maximum Gasteiger partial charge on any atom is 0.0451 e. The summed E-state index contributed by atoms with van der Waals surface area (Å²) in [5.74, 6) is 0. The van der Waals surface area contributed by atoms with Gasteiger partial charge in [0.2, 0.25) is 0 Å². The normalized spacial score (nSPS) is 19.2. The van der Waals surface area contributed by atoms with Crippen LogP contribution in [0.25, 0.3) is 0 Å². The molecule has 0 aromatic heterocycles. The van der Waals surface area contributed by atoms with Crippen LogP contribution in [0.1, 0.15) is 23.1 Å². The van der Waals surface area contributed by atoms with Crippen LogP contribution in [-0.2, 0) is 13.1 Å². The van der Waals surface area contributed by atoms with Gasteiger partial charge in [-0.2, -0.15) is 0 Å². The smallest absolute Gasteiger partial charge is 0.0451 e. The summed E-state index contributed by atoms with van der Waals surface area (Å²) >= 11 is 6.32. The van der Waals surface area contributed by atoms with Gasteiger partial charge >= 0.3 is 0 Å². The molecule has 3 rings (SSSR count). The molecule has 0 aliphatic carbocycles. The highest BCUT2D eigenvalue weighted by atomic mass is 35.5. The molecule has 2 aromatic carbocycles. The largest absolute Gasteiger partial charge is 0.396 e. The molecular weight excluding hydrogens is 332 g/mol. The Morgan fingerprint density at radius 3 is 2.44 bits per heavy atom. The summed E-state index contributed by atoms with van der Waals surface area (Å²) < 4.78 is 0. The zero-order chi connectivity index (χ0) is 17.6. The summed E-state index contributed by atoms with van der Waals surface area (Å²) in [7, 11) is 0. The average molecular weight is 359 g/mol. The molecular formula is C21H27ClN2O. The minimum atomic E-state index is 0.231. The first-order valence-electron chi connectivity index (χ1n) is 9.02. The molecule has 0 unspecified atom stereocenters. The lowest BCUT2D eigenvalue weighted by atomic mass is 10.0. The van der Waals surface area contributed by atoms with E-state index in [0.29, 0.717) is 6.04 Å². The number of benzene rings is 2. The van der Waals surface area contributed by atoms with E-state index in [0.717, 1.165) is 44.2 Å². The number of hydrogen-bond acceptors (Lipinski definition) is 3. The molecule has 2 aromatic rings. The van der Waals surface area contributed by atoms with Crippen LogP contribution in [-0.4, -0.2) is 47.2 Å². The lowest BCUT2D eigenvalue weighted by Crippen LogP contribution is -2.52. The highest BCUT2D eigenvalue weighted by Gasteiger charge is 2.27. The van der Waals surface area contributed by atoms with E-state index < -0.39 is 0 Å². The van der Waals surface area contributed by atoms with E-state index in [1.807, 2.05) is 18.2 Å². The third-order valence-corrected chi connectivity index (χ3v) is 5.51. The van der Waals surface area contributed by atoms with Crippen LogP contribution in [0.3, 0.4) is 0 Å². The van der Waals surface area contributed by atoms with Crippen molar-refractivity contribution in [2.45, 2.75) is 32.5 Å². The van der Waals surface area contributed by atoms with Crippen LogP contribution in [0.5, 0.6) is 0 Å². The minimum absolute atomic E-state index is 0.231. The summed E-state index contributed by atoms with van der Waals surface area (Å²) in [6.07, 6.45) is 0.810. The standard InChI is InChI=1S/C21H27ClN2O/c1-17-6-2-3-7-18(17)15-24-12-11-23(16-20(24)10-13-25)14-19-8-4-5-9-21(19)22/h2-9,20,25H,10-16H2,1H3/t20-/m1/s1. The third kappa shape index (κ3) is 4.83. The summed E-state index contributed by atoms with van der Waals surface area (Å²) in [6.45, 7) is 7.25. The van der Waals surface area contributed by atoms with Gasteiger partial charge in [-0.1, -0.05) is 54.1 Å². The Bertz CT molecular complexity index is 691. The van der Waals surface area contributed by atoms with E-state index in [4.69, 9.17) is 11.6 Å². The second-order valence-electron chi connectivity index (χ2n) is 6.89. The average Bonchev–Trinajstić information content (AvgIpc) is 2.61. The van der Waals surface area contributed by atoms with Crippen molar-refractivity contribution in [2.75, 3.05) is 26.2 Å². The zero-order valence-corrected chi connectivity index (χ0v) is 15.6. The first-order chi connectivity index (χ1) is 12.2. The molecule has 0 amide bonds. The van der Waals surface area contributed by atoms with Crippen LogP contribution in [0, 0.1) is 6.92 Å². The fourth-order valence-electron chi connectivity index (χ4n) is 3.61. The first kappa shape index (κ1) is 18.4. The second kappa shape index (κ2) is 8.81. The molecule has 134 valence electrons. The van der Waals surface area contributed by atoms with Crippen molar-refractivity contribution in [1.82, 2.24) is 9.80 Å². The lowest BCUT2D eigenvalue weighted by Gasteiger charge is -2.41. The molecule has 1 saturated heterocycles. The van der Waals surface area contributed by atoms with Crippen LogP contribution in [0.2, 0.25) is 5.02 Å². The van der Waals surface area contributed by atoms with Crippen molar-refractivity contribution in [3.63, 3.8) is 0 Å². The van der Waals surface area contributed by atoms with Gasteiger partial charge in [0.05, 0.1) is 0 Å². The van der Waals surface area contributed by atoms with Gasteiger partial charge in [-0.05, 0) is 36.1 Å². The predicted octanol–water partition coefficient (Wildman–Crippen LogP) is 3.72. The van der Waals surface area contributed by atoms with E-state index >= 15 is 0 Å². The molecule has 1 fully saturated rings. The van der Waals surface area contributed by atoms with Crippen LogP contribution in [0.15, 0.2) is 48.5 Å². The number of aryl methyl sites for hydroxylation is 1. The van der Waals surface area contributed by atoms with Gasteiger partial charge in [-0.3, -0.25) is 9.80 Å². The van der Waals surface area contributed by atoms with Gasteiger partial charge in [-0.15, -0.1) is 0 Å². The summed E-state index contributed by atoms with van der Waals surface area (Å²) in [5.41, 5.74) is 3.90. The van der Waals surface area contributed by atoms with Crippen LogP contribution < -0.4 is 0 Å². The van der Waals surface area contributed by atoms with E-state index in [-0.39, 0.29) is 6.61 Å². The molecule has 25 heavy (non-hydrogen) atoms. The lowest BCUT2D eigenvalue weighted by molar-refractivity contribution is 0.0499. The van der Waals surface area contributed by atoms with Crippen molar-refractivity contribution in [3.8, 4) is 0 Å². The Balaban J connectivity index is 1.66. The monoisotopic (exact) mass is 358 g/mol. The van der Waals surface area contributed by atoms with Gasteiger partial charge in [0.1, 0.15) is 0 Å². The maximum absolute atomic E-state index is 9.51. The Morgan fingerprint density at radius 2 is 1.72 bits per heavy atom. The Labute approximate surface area is 155 Å². The first-order valence-corrected chi connectivity index (χ1v) is 9.40. The summed E-state index contributed by atoms with van der Waals surface area (Å²) in [4.78, 5) is 4.97. The Kier molecular flexibility index (Phi) is 6.49. The Morgan fingerprint density at radius 1 is 1.00 bits per heavy atom. The topological polar surface area (TPSA) is 26.7 Å². The van der Waals surface area contributed by atoms with Crippen molar-refractivity contribution < 1.29 is 5.11 Å². The Hall–Kier alpha value is -1.39. The fourth-order valence-corrected chi connectivity index (χ4v) is 3.80. The molecule has 0 spiro atoms. The number of hydrogen-bond donors (Lipinski definition) is 1. The van der Waals surface area contributed by atoms with E-state index in [2.05, 4.69) is 47.1 Å². The SMILES string of the molecule is Cc1ccccc1CN1CCN(Cc2ccccc2Cl)C[C@H]1CCO. The quantitative estimate of drug-likeness (QED) is 0.852. The highest BCUT2D eigenvalue weighted by Crippen LogP contribution is 2.22. The van der Waals surface area contributed by atoms with Gasteiger partial charge in [0.25, 0.3) is 0 Å². The summed E-state index contributed by atoms with van der Waals surface area (Å²) in [5, 5.41) is 10.3. The number of nitrogens with zero attached hydrogens (tertiary/aromatic N) is 2. The predicted molar refractivity (Wildman–Crippen MR) is 104 cm³/mol. The molecule has 0 radical (unpaired) electrons. The van der Waals surface area contributed by atoms with Crippen molar-refractivity contribution in [3.05, 3.63) is 70.2 Å². The highest BCUT2D eigenvalue weighted by molar-refractivity contribution is 6.31. The summed E-state index contributed by atoms with van der Waals surface area (Å²) in [6, 6.07) is 17.0. The zero-order valence-electron chi connectivity index (χ0n) is 14.9.